The first kappa shape index (κ1) is 19.7. The molecule has 1 atom stereocenters. The quantitative estimate of drug-likeness (QED) is 0.749. The van der Waals surface area contributed by atoms with Gasteiger partial charge < -0.3 is 10.6 Å². The van der Waals surface area contributed by atoms with Gasteiger partial charge >= 0.3 is 0 Å². The molecule has 2 amide bonds. The van der Waals surface area contributed by atoms with Crippen LogP contribution in [-0.4, -0.2) is 42.9 Å². The van der Waals surface area contributed by atoms with Crippen LogP contribution in [0.15, 0.2) is 18.2 Å². The van der Waals surface area contributed by atoms with Crippen molar-refractivity contribution in [3.63, 3.8) is 0 Å². The van der Waals surface area contributed by atoms with Crippen LogP contribution in [-0.2, 0) is 9.59 Å². The van der Waals surface area contributed by atoms with Gasteiger partial charge in [0.25, 0.3) is 0 Å². The fraction of sp³-hybridized carbons (Fsp3) is 0.500. The lowest BCUT2D eigenvalue weighted by Gasteiger charge is -2.18. The number of rotatable bonds is 8. The van der Waals surface area contributed by atoms with Gasteiger partial charge in [0.1, 0.15) is 0 Å². The fourth-order valence-electron chi connectivity index (χ4n) is 2.17. The highest BCUT2D eigenvalue weighted by atomic mass is 35.5. The number of likely N-dealkylation sites (N-methyl/N-ethyl adjacent to an activating group) is 1. The van der Waals surface area contributed by atoms with Crippen molar-refractivity contribution in [2.45, 2.75) is 32.7 Å². The third-order valence-corrected chi connectivity index (χ3v) is 3.81. The van der Waals surface area contributed by atoms with E-state index in [1.54, 1.807) is 30.1 Å². The number of nitrogens with one attached hydrogen (secondary N) is 2. The van der Waals surface area contributed by atoms with Gasteiger partial charge in [-0.1, -0.05) is 42.6 Å². The average Bonchev–Trinajstić information content (AvgIpc) is 2.42. The van der Waals surface area contributed by atoms with E-state index in [1.165, 1.54) is 0 Å². The Labute approximate surface area is 147 Å². The number of nitrogens with zero attached hydrogens (tertiary/aromatic N) is 1. The molecule has 1 rings (SSSR count). The van der Waals surface area contributed by atoms with Crippen molar-refractivity contribution >= 4 is 40.7 Å². The minimum atomic E-state index is -0.281. The largest absolute Gasteiger partial charge is 0.353 e. The van der Waals surface area contributed by atoms with Crippen LogP contribution < -0.4 is 10.6 Å². The molecule has 7 heteroatoms. The summed E-state index contributed by atoms with van der Waals surface area (Å²) in [5.41, 5.74) is 0.384. The lowest BCUT2D eigenvalue weighted by Crippen LogP contribution is -2.42. The molecule has 0 aliphatic rings. The molecule has 0 aliphatic heterocycles. The molecule has 0 saturated carbocycles. The summed E-state index contributed by atoms with van der Waals surface area (Å²) in [7, 11) is 1.71. The summed E-state index contributed by atoms with van der Waals surface area (Å²) >= 11 is 12.0. The van der Waals surface area contributed by atoms with Crippen LogP contribution in [0, 0.1) is 0 Å². The Hall–Kier alpha value is -1.30. The number of hydrogen-bond donors (Lipinski definition) is 2. The molecule has 0 spiro atoms. The molecular weight excluding hydrogens is 337 g/mol. The molecule has 0 saturated heterocycles. The number of benzene rings is 1. The third kappa shape index (κ3) is 7.20. The van der Waals surface area contributed by atoms with Crippen LogP contribution in [0.3, 0.4) is 0 Å². The number of anilines is 1. The molecule has 0 unspecified atom stereocenters. The predicted octanol–water partition coefficient (Wildman–Crippen LogP) is 3.17. The van der Waals surface area contributed by atoms with E-state index < -0.39 is 0 Å². The number of halogens is 2. The van der Waals surface area contributed by atoms with Crippen molar-refractivity contribution in [1.82, 2.24) is 10.2 Å². The van der Waals surface area contributed by atoms with E-state index in [-0.39, 0.29) is 30.9 Å². The maximum atomic E-state index is 12.0. The van der Waals surface area contributed by atoms with Crippen molar-refractivity contribution in [3.8, 4) is 0 Å². The zero-order valence-electron chi connectivity index (χ0n) is 13.7. The molecule has 0 aliphatic carbocycles. The van der Waals surface area contributed by atoms with Crippen LogP contribution in [0.1, 0.15) is 26.7 Å². The molecule has 0 radical (unpaired) electrons. The summed E-state index contributed by atoms with van der Waals surface area (Å²) in [5, 5.41) is 6.32. The SMILES string of the molecule is CCC[C@H](C)NC(=O)CN(C)CC(=O)Nc1c(Cl)cccc1Cl. The fourth-order valence-corrected chi connectivity index (χ4v) is 2.66. The van der Waals surface area contributed by atoms with Crippen LogP contribution >= 0.6 is 23.2 Å². The Morgan fingerprint density at radius 1 is 1.17 bits per heavy atom. The number of carbonyl (C=O) groups excluding carboxylic acids is 2. The second-order valence-electron chi connectivity index (χ2n) is 5.57. The third-order valence-electron chi connectivity index (χ3n) is 3.18. The molecule has 0 heterocycles. The number of hydrogen-bond acceptors (Lipinski definition) is 3. The van der Waals surface area contributed by atoms with Gasteiger partial charge in [-0.3, -0.25) is 14.5 Å². The first-order valence-corrected chi connectivity index (χ1v) is 8.30. The zero-order chi connectivity index (χ0) is 17.4. The van der Waals surface area contributed by atoms with Gasteiger partial charge in [0.15, 0.2) is 0 Å². The van der Waals surface area contributed by atoms with Crippen molar-refractivity contribution in [2.75, 3.05) is 25.5 Å². The minimum Gasteiger partial charge on any atom is -0.353 e. The molecule has 1 aromatic carbocycles. The van der Waals surface area contributed by atoms with E-state index in [0.29, 0.717) is 15.7 Å². The summed E-state index contributed by atoms with van der Waals surface area (Å²) in [5.74, 6) is -0.381. The van der Waals surface area contributed by atoms with E-state index in [0.717, 1.165) is 12.8 Å². The normalized spacial score (nSPS) is 12.1. The average molecular weight is 360 g/mol. The molecule has 5 nitrogen and oxygen atoms in total. The Kier molecular flexibility index (Phi) is 8.37. The van der Waals surface area contributed by atoms with E-state index in [4.69, 9.17) is 23.2 Å². The first-order chi connectivity index (χ1) is 10.8. The number of para-hydroxylation sites is 1. The maximum Gasteiger partial charge on any atom is 0.238 e. The lowest BCUT2D eigenvalue weighted by molar-refractivity contribution is -0.123. The van der Waals surface area contributed by atoms with Crippen LogP contribution in [0.5, 0.6) is 0 Å². The number of amides is 2. The summed E-state index contributed by atoms with van der Waals surface area (Å²) in [6.45, 7) is 4.25. The van der Waals surface area contributed by atoms with Gasteiger partial charge in [-0.05, 0) is 32.5 Å². The molecule has 1 aromatic rings. The minimum absolute atomic E-state index is 0.0666. The highest BCUT2D eigenvalue weighted by Gasteiger charge is 2.14. The zero-order valence-corrected chi connectivity index (χ0v) is 15.2. The van der Waals surface area contributed by atoms with Gasteiger partial charge in [-0.25, -0.2) is 0 Å². The van der Waals surface area contributed by atoms with E-state index >= 15 is 0 Å². The molecule has 0 bridgehead atoms. The topological polar surface area (TPSA) is 61.4 Å². The highest BCUT2D eigenvalue weighted by molar-refractivity contribution is 6.39. The van der Waals surface area contributed by atoms with Crippen molar-refractivity contribution < 1.29 is 9.59 Å². The van der Waals surface area contributed by atoms with E-state index in [2.05, 4.69) is 17.6 Å². The molecule has 2 N–H and O–H groups in total. The summed E-state index contributed by atoms with van der Waals surface area (Å²) < 4.78 is 0. The lowest BCUT2D eigenvalue weighted by atomic mass is 10.2. The molecule has 0 fully saturated rings. The Morgan fingerprint density at radius 3 is 2.30 bits per heavy atom. The first-order valence-electron chi connectivity index (χ1n) is 7.55. The van der Waals surface area contributed by atoms with Gasteiger partial charge in [0.2, 0.25) is 11.8 Å². The molecule has 23 heavy (non-hydrogen) atoms. The highest BCUT2D eigenvalue weighted by Crippen LogP contribution is 2.29. The van der Waals surface area contributed by atoms with Crippen LogP contribution in [0.2, 0.25) is 10.0 Å². The van der Waals surface area contributed by atoms with Crippen molar-refractivity contribution in [1.29, 1.82) is 0 Å². The van der Waals surface area contributed by atoms with Crippen molar-refractivity contribution in [3.05, 3.63) is 28.2 Å². The maximum absolute atomic E-state index is 12.0. The second-order valence-corrected chi connectivity index (χ2v) is 6.39. The standard InChI is InChI=1S/C16H23Cl2N3O2/c1-4-6-11(2)19-14(22)9-21(3)10-15(23)20-16-12(17)7-5-8-13(16)18/h5,7-8,11H,4,6,9-10H2,1-3H3,(H,19,22)(H,20,23)/t11-/m0/s1. The Balaban J connectivity index is 2.46. The Bertz CT molecular complexity index is 532. The summed E-state index contributed by atoms with van der Waals surface area (Å²) in [6, 6.07) is 5.13. The summed E-state index contributed by atoms with van der Waals surface area (Å²) in [4.78, 5) is 25.5. The van der Waals surface area contributed by atoms with E-state index in [1.807, 2.05) is 6.92 Å². The summed E-state index contributed by atoms with van der Waals surface area (Å²) in [6.07, 6.45) is 1.94. The van der Waals surface area contributed by atoms with Crippen LogP contribution in [0.25, 0.3) is 0 Å². The van der Waals surface area contributed by atoms with Crippen molar-refractivity contribution in [2.24, 2.45) is 0 Å². The van der Waals surface area contributed by atoms with Gasteiger partial charge in [-0.2, -0.15) is 0 Å². The van der Waals surface area contributed by atoms with E-state index in [9.17, 15) is 9.59 Å². The van der Waals surface area contributed by atoms with Crippen LogP contribution in [0.4, 0.5) is 5.69 Å². The number of carbonyl (C=O) groups is 2. The van der Waals surface area contributed by atoms with Gasteiger partial charge in [-0.15, -0.1) is 0 Å². The smallest absolute Gasteiger partial charge is 0.238 e. The second kappa shape index (κ2) is 9.75. The Morgan fingerprint density at radius 2 is 1.74 bits per heavy atom. The molecular formula is C16H23Cl2N3O2. The monoisotopic (exact) mass is 359 g/mol. The molecule has 128 valence electrons. The van der Waals surface area contributed by atoms with Gasteiger partial charge in [0, 0.05) is 6.04 Å². The predicted molar refractivity (Wildman–Crippen MR) is 95.1 cm³/mol. The van der Waals surface area contributed by atoms with Gasteiger partial charge in [0.05, 0.1) is 28.8 Å². The molecule has 0 aromatic heterocycles.